The Balaban J connectivity index is 1.39. The summed E-state index contributed by atoms with van der Waals surface area (Å²) >= 11 is 0. The molecule has 0 radical (unpaired) electrons. The van der Waals surface area contributed by atoms with Gasteiger partial charge in [-0.15, -0.1) is 5.10 Å². The Morgan fingerprint density at radius 2 is 1.09 bits per heavy atom. The predicted octanol–water partition coefficient (Wildman–Crippen LogP) is 8.35. The summed E-state index contributed by atoms with van der Waals surface area (Å²) in [5, 5.41) is 5.78. The standard InChI is InChI=1S/C29H48N2O2/c1-3-4-5-6-7-8-9-10-11-12-13-14-15-16-17-18-19-22-25-33-28-26-23-20-21-24-27(26)29(32)31(2)30-28/h20-21,23-24H,3-19,22,25H2,1-2H3. The number of aryl methyl sites for hydroxylation is 1. The number of rotatable bonds is 20. The van der Waals surface area contributed by atoms with E-state index in [1.165, 1.54) is 114 Å². The molecule has 1 aromatic heterocycles. The molecule has 0 bridgehead atoms. The van der Waals surface area contributed by atoms with E-state index in [2.05, 4.69) is 12.0 Å². The van der Waals surface area contributed by atoms with Crippen LogP contribution >= 0.6 is 0 Å². The van der Waals surface area contributed by atoms with Crippen molar-refractivity contribution < 1.29 is 4.74 Å². The summed E-state index contributed by atoms with van der Waals surface area (Å²) in [6, 6.07) is 7.55. The van der Waals surface area contributed by atoms with Gasteiger partial charge in [-0.25, -0.2) is 4.68 Å². The summed E-state index contributed by atoms with van der Waals surface area (Å²) < 4.78 is 7.28. The number of nitrogens with zero attached hydrogens (tertiary/aromatic N) is 2. The van der Waals surface area contributed by atoms with Gasteiger partial charge >= 0.3 is 0 Å². The average Bonchev–Trinajstić information content (AvgIpc) is 2.83. The van der Waals surface area contributed by atoms with Gasteiger partial charge in [-0.05, 0) is 18.6 Å². The molecule has 0 saturated carbocycles. The zero-order valence-electron chi connectivity index (χ0n) is 21.5. The van der Waals surface area contributed by atoms with E-state index >= 15 is 0 Å². The Labute approximate surface area is 202 Å². The van der Waals surface area contributed by atoms with Gasteiger partial charge in [-0.2, -0.15) is 0 Å². The maximum Gasteiger partial charge on any atom is 0.274 e. The summed E-state index contributed by atoms with van der Waals surface area (Å²) in [4.78, 5) is 12.2. The third-order valence-electron chi connectivity index (χ3n) is 6.66. The number of aromatic nitrogens is 2. The first-order chi connectivity index (χ1) is 16.2. The van der Waals surface area contributed by atoms with Gasteiger partial charge in [0.2, 0.25) is 5.88 Å². The molecule has 4 nitrogen and oxygen atoms in total. The number of unbranched alkanes of at least 4 members (excludes halogenated alkanes) is 17. The normalized spacial score (nSPS) is 11.3. The van der Waals surface area contributed by atoms with E-state index in [1.807, 2.05) is 24.3 Å². The number of ether oxygens (including phenoxy) is 1. The van der Waals surface area contributed by atoms with Crippen molar-refractivity contribution in [2.45, 2.75) is 122 Å². The van der Waals surface area contributed by atoms with Crippen LogP contribution in [0, 0.1) is 0 Å². The minimum atomic E-state index is -0.0777. The number of benzene rings is 1. The predicted molar refractivity (Wildman–Crippen MR) is 141 cm³/mol. The summed E-state index contributed by atoms with van der Waals surface area (Å²) in [7, 11) is 1.68. The molecule has 2 aromatic rings. The van der Waals surface area contributed by atoms with Crippen molar-refractivity contribution in [2.75, 3.05) is 6.61 Å². The highest BCUT2D eigenvalue weighted by molar-refractivity contribution is 5.85. The minimum absolute atomic E-state index is 0.0777. The summed E-state index contributed by atoms with van der Waals surface area (Å²) in [6.45, 7) is 2.95. The summed E-state index contributed by atoms with van der Waals surface area (Å²) in [5.74, 6) is 0.569. The summed E-state index contributed by atoms with van der Waals surface area (Å²) in [5.41, 5.74) is -0.0777. The molecule has 186 valence electrons. The molecule has 0 atom stereocenters. The second kappa shape index (κ2) is 17.6. The lowest BCUT2D eigenvalue weighted by atomic mass is 10.0. The molecule has 0 aliphatic carbocycles. The van der Waals surface area contributed by atoms with E-state index in [0.717, 1.165) is 11.8 Å². The molecule has 33 heavy (non-hydrogen) atoms. The Kier molecular flexibility index (Phi) is 14.6. The van der Waals surface area contributed by atoms with E-state index in [-0.39, 0.29) is 5.56 Å². The Bertz CT molecular complexity index is 815. The van der Waals surface area contributed by atoms with Crippen LogP contribution in [0.2, 0.25) is 0 Å². The van der Waals surface area contributed by atoms with Crippen LogP contribution < -0.4 is 10.3 Å². The quantitative estimate of drug-likeness (QED) is 0.188. The molecule has 4 heteroatoms. The number of fused-ring (bicyclic) bond motifs is 1. The molecule has 0 amide bonds. The molecular formula is C29H48N2O2. The van der Waals surface area contributed by atoms with E-state index in [1.54, 1.807) is 7.05 Å². The number of hydrogen-bond acceptors (Lipinski definition) is 3. The lowest BCUT2D eigenvalue weighted by Gasteiger charge is -2.09. The van der Waals surface area contributed by atoms with Crippen molar-refractivity contribution in [3.8, 4) is 5.88 Å². The minimum Gasteiger partial charge on any atom is -0.476 e. The fourth-order valence-electron chi connectivity index (χ4n) is 4.55. The Morgan fingerprint density at radius 3 is 1.58 bits per heavy atom. The Morgan fingerprint density at radius 1 is 0.667 bits per heavy atom. The van der Waals surface area contributed by atoms with Crippen LogP contribution in [0.1, 0.15) is 122 Å². The lowest BCUT2D eigenvalue weighted by molar-refractivity contribution is 0.289. The zero-order chi connectivity index (χ0) is 23.6. The SMILES string of the molecule is CCCCCCCCCCCCCCCCCCCCOc1nn(C)c(=O)c2ccccc12. The second-order valence-corrected chi connectivity index (χ2v) is 9.64. The number of hydrogen-bond donors (Lipinski definition) is 0. The van der Waals surface area contributed by atoms with Gasteiger partial charge < -0.3 is 4.74 Å². The molecule has 2 rings (SSSR count). The first-order valence-electron chi connectivity index (χ1n) is 13.8. The molecule has 0 fully saturated rings. The van der Waals surface area contributed by atoms with Crippen molar-refractivity contribution in [1.29, 1.82) is 0 Å². The largest absolute Gasteiger partial charge is 0.476 e. The van der Waals surface area contributed by atoms with E-state index in [9.17, 15) is 4.79 Å². The van der Waals surface area contributed by atoms with Crippen molar-refractivity contribution in [2.24, 2.45) is 7.05 Å². The first kappa shape index (κ1) is 27.4. The average molecular weight is 457 g/mol. The van der Waals surface area contributed by atoms with Crippen LogP contribution in [0.25, 0.3) is 10.8 Å². The molecule has 0 aliphatic heterocycles. The van der Waals surface area contributed by atoms with Crippen LogP contribution in [-0.2, 0) is 7.05 Å². The van der Waals surface area contributed by atoms with Crippen molar-refractivity contribution in [1.82, 2.24) is 9.78 Å². The van der Waals surface area contributed by atoms with Gasteiger partial charge in [0.1, 0.15) is 0 Å². The molecule has 0 aliphatic rings. The van der Waals surface area contributed by atoms with E-state index in [0.29, 0.717) is 17.9 Å². The van der Waals surface area contributed by atoms with Crippen molar-refractivity contribution in [3.63, 3.8) is 0 Å². The van der Waals surface area contributed by atoms with E-state index in [4.69, 9.17) is 4.74 Å². The second-order valence-electron chi connectivity index (χ2n) is 9.64. The maximum atomic E-state index is 12.2. The zero-order valence-corrected chi connectivity index (χ0v) is 21.5. The summed E-state index contributed by atoms with van der Waals surface area (Å²) in [6.07, 6.45) is 24.8. The third-order valence-corrected chi connectivity index (χ3v) is 6.66. The highest BCUT2D eigenvalue weighted by Crippen LogP contribution is 2.20. The van der Waals surface area contributed by atoms with Crippen LogP contribution in [0.3, 0.4) is 0 Å². The molecule has 0 unspecified atom stereocenters. The van der Waals surface area contributed by atoms with Gasteiger partial charge in [-0.3, -0.25) is 4.79 Å². The topological polar surface area (TPSA) is 44.1 Å². The van der Waals surface area contributed by atoms with E-state index < -0.39 is 0 Å². The molecule has 0 saturated heterocycles. The molecule has 0 spiro atoms. The Hall–Kier alpha value is -1.84. The van der Waals surface area contributed by atoms with Crippen molar-refractivity contribution in [3.05, 3.63) is 34.6 Å². The fraction of sp³-hybridized carbons (Fsp3) is 0.724. The highest BCUT2D eigenvalue weighted by atomic mass is 16.5. The molecule has 1 heterocycles. The monoisotopic (exact) mass is 456 g/mol. The van der Waals surface area contributed by atoms with Crippen LogP contribution in [0.4, 0.5) is 0 Å². The smallest absolute Gasteiger partial charge is 0.274 e. The lowest BCUT2D eigenvalue weighted by Crippen LogP contribution is -2.20. The maximum absolute atomic E-state index is 12.2. The van der Waals surface area contributed by atoms with Crippen LogP contribution in [0.5, 0.6) is 5.88 Å². The molecule has 0 N–H and O–H groups in total. The van der Waals surface area contributed by atoms with Gasteiger partial charge in [0, 0.05) is 7.05 Å². The highest BCUT2D eigenvalue weighted by Gasteiger charge is 2.09. The van der Waals surface area contributed by atoms with Crippen LogP contribution in [-0.4, -0.2) is 16.4 Å². The van der Waals surface area contributed by atoms with Crippen molar-refractivity contribution >= 4 is 10.8 Å². The van der Waals surface area contributed by atoms with Gasteiger partial charge in [0.25, 0.3) is 5.56 Å². The molecule has 1 aromatic carbocycles. The van der Waals surface area contributed by atoms with Gasteiger partial charge in [0.05, 0.1) is 17.4 Å². The van der Waals surface area contributed by atoms with Gasteiger partial charge in [-0.1, -0.05) is 128 Å². The van der Waals surface area contributed by atoms with Gasteiger partial charge in [0.15, 0.2) is 0 Å². The fourth-order valence-corrected chi connectivity index (χ4v) is 4.55. The van der Waals surface area contributed by atoms with Crippen LogP contribution in [0.15, 0.2) is 29.1 Å². The third kappa shape index (κ3) is 11.2. The first-order valence-corrected chi connectivity index (χ1v) is 13.8. The molecular weight excluding hydrogens is 408 g/mol.